The van der Waals surface area contributed by atoms with Crippen LogP contribution < -0.4 is 10.6 Å². The van der Waals surface area contributed by atoms with Gasteiger partial charge in [0.25, 0.3) is 0 Å². The molecule has 2 heterocycles. The Bertz CT molecular complexity index is 580. The standard InChI is InChI=1S/C13H18N4O/c1-9-8-17-7-5-6-10(11(17)14-9)15-12(18)16-13(2,3)4/h5-8H,1-4H3,(H2,15,16,18). The third-order valence-corrected chi connectivity index (χ3v) is 2.34. The first-order valence-corrected chi connectivity index (χ1v) is 5.89. The molecule has 5 heteroatoms. The molecule has 0 aliphatic rings. The minimum absolute atomic E-state index is 0.226. The van der Waals surface area contributed by atoms with E-state index in [1.54, 1.807) is 0 Å². The minimum atomic E-state index is -0.263. The van der Waals surface area contributed by atoms with Crippen LogP contribution in [0, 0.1) is 6.92 Å². The fourth-order valence-corrected chi connectivity index (χ4v) is 1.73. The molecule has 0 saturated heterocycles. The van der Waals surface area contributed by atoms with Crippen LogP contribution in [0.4, 0.5) is 10.5 Å². The van der Waals surface area contributed by atoms with Gasteiger partial charge in [-0.25, -0.2) is 9.78 Å². The summed E-state index contributed by atoms with van der Waals surface area (Å²) >= 11 is 0. The van der Waals surface area contributed by atoms with Crippen molar-refractivity contribution >= 4 is 17.4 Å². The van der Waals surface area contributed by atoms with E-state index in [9.17, 15) is 4.79 Å². The smallest absolute Gasteiger partial charge is 0.319 e. The lowest BCUT2D eigenvalue weighted by molar-refractivity contribution is 0.244. The lowest BCUT2D eigenvalue weighted by Crippen LogP contribution is -2.43. The number of aromatic nitrogens is 2. The third-order valence-electron chi connectivity index (χ3n) is 2.34. The average molecular weight is 246 g/mol. The van der Waals surface area contributed by atoms with Crippen molar-refractivity contribution < 1.29 is 4.79 Å². The summed E-state index contributed by atoms with van der Waals surface area (Å²) in [5, 5.41) is 5.67. The van der Waals surface area contributed by atoms with E-state index in [-0.39, 0.29) is 11.6 Å². The first kappa shape index (κ1) is 12.4. The summed E-state index contributed by atoms with van der Waals surface area (Å²) < 4.78 is 1.89. The maximum Gasteiger partial charge on any atom is 0.319 e. The maximum atomic E-state index is 11.8. The summed E-state index contributed by atoms with van der Waals surface area (Å²) in [7, 11) is 0. The molecule has 0 spiro atoms. The Morgan fingerprint density at radius 2 is 2.11 bits per heavy atom. The third kappa shape index (κ3) is 2.80. The zero-order valence-electron chi connectivity index (χ0n) is 11.1. The molecule has 2 amide bonds. The number of hydrogen-bond acceptors (Lipinski definition) is 2. The molecule has 2 aromatic rings. The summed E-state index contributed by atoms with van der Waals surface area (Å²) in [4.78, 5) is 16.2. The lowest BCUT2D eigenvalue weighted by atomic mass is 10.1. The zero-order valence-corrected chi connectivity index (χ0v) is 11.1. The van der Waals surface area contributed by atoms with E-state index in [0.717, 1.165) is 11.3 Å². The van der Waals surface area contributed by atoms with Crippen molar-refractivity contribution in [2.75, 3.05) is 5.32 Å². The number of anilines is 1. The number of imidazole rings is 1. The highest BCUT2D eigenvalue weighted by molar-refractivity contribution is 5.93. The Balaban J connectivity index is 2.24. The average Bonchev–Trinajstić information content (AvgIpc) is 2.56. The van der Waals surface area contributed by atoms with Crippen LogP contribution in [0.5, 0.6) is 0 Å². The van der Waals surface area contributed by atoms with Gasteiger partial charge in [-0.05, 0) is 39.8 Å². The molecule has 0 bridgehead atoms. The summed E-state index contributed by atoms with van der Waals surface area (Å²) in [5.41, 5.74) is 2.10. The van der Waals surface area contributed by atoms with Crippen molar-refractivity contribution in [3.05, 3.63) is 30.2 Å². The Morgan fingerprint density at radius 3 is 2.78 bits per heavy atom. The van der Waals surface area contributed by atoms with Crippen LogP contribution >= 0.6 is 0 Å². The Hall–Kier alpha value is -2.04. The van der Waals surface area contributed by atoms with E-state index >= 15 is 0 Å². The fourth-order valence-electron chi connectivity index (χ4n) is 1.73. The Kier molecular flexibility index (Phi) is 2.98. The summed E-state index contributed by atoms with van der Waals surface area (Å²) in [6, 6.07) is 3.49. The molecule has 0 unspecified atom stereocenters. The van der Waals surface area contributed by atoms with Crippen molar-refractivity contribution in [1.29, 1.82) is 0 Å². The molecule has 0 saturated carbocycles. The second-order valence-corrected chi connectivity index (χ2v) is 5.36. The van der Waals surface area contributed by atoms with Gasteiger partial charge < -0.3 is 15.0 Å². The normalized spacial score (nSPS) is 11.6. The van der Waals surface area contributed by atoms with Gasteiger partial charge in [0, 0.05) is 17.9 Å². The van der Waals surface area contributed by atoms with Crippen molar-refractivity contribution in [3.63, 3.8) is 0 Å². The van der Waals surface area contributed by atoms with E-state index in [1.165, 1.54) is 0 Å². The topological polar surface area (TPSA) is 58.4 Å². The largest absolute Gasteiger partial charge is 0.333 e. The van der Waals surface area contributed by atoms with Gasteiger partial charge in [-0.3, -0.25) is 0 Å². The highest BCUT2D eigenvalue weighted by Gasteiger charge is 2.14. The number of hydrogen-bond donors (Lipinski definition) is 2. The van der Waals surface area contributed by atoms with Gasteiger partial charge in [0.1, 0.15) is 0 Å². The molecule has 0 atom stereocenters. The van der Waals surface area contributed by atoms with Gasteiger partial charge in [-0.1, -0.05) is 0 Å². The molecule has 0 radical (unpaired) electrons. The molecule has 18 heavy (non-hydrogen) atoms. The first-order valence-electron chi connectivity index (χ1n) is 5.89. The molecule has 5 nitrogen and oxygen atoms in total. The van der Waals surface area contributed by atoms with Gasteiger partial charge in [-0.2, -0.15) is 0 Å². The van der Waals surface area contributed by atoms with Crippen LogP contribution in [-0.4, -0.2) is 21.0 Å². The van der Waals surface area contributed by atoms with Crippen LogP contribution in [0.1, 0.15) is 26.5 Å². The van der Waals surface area contributed by atoms with E-state index in [0.29, 0.717) is 5.69 Å². The molecular weight excluding hydrogens is 228 g/mol. The van der Waals surface area contributed by atoms with E-state index in [2.05, 4.69) is 15.6 Å². The minimum Gasteiger partial charge on any atom is -0.333 e. The van der Waals surface area contributed by atoms with E-state index < -0.39 is 0 Å². The second kappa shape index (κ2) is 4.33. The number of nitrogens with zero attached hydrogens (tertiary/aromatic N) is 2. The first-order chi connectivity index (χ1) is 8.35. The number of urea groups is 1. The molecule has 2 N–H and O–H groups in total. The van der Waals surface area contributed by atoms with Crippen molar-refractivity contribution in [1.82, 2.24) is 14.7 Å². The van der Waals surface area contributed by atoms with Crippen LogP contribution in [0.25, 0.3) is 5.65 Å². The van der Waals surface area contributed by atoms with Crippen LogP contribution in [0.2, 0.25) is 0 Å². The maximum absolute atomic E-state index is 11.8. The molecule has 0 aromatic carbocycles. The predicted octanol–water partition coefficient (Wildman–Crippen LogP) is 2.56. The molecule has 0 aliphatic heterocycles. The summed E-state index contributed by atoms with van der Waals surface area (Å²) in [6.07, 6.45) is 3.82. The number of rotatable bonds is 1. The molecular formula is C13H18N4O. The van der Waals surface area contributed by atoms with Gasteiger partial charge in [0.15, 0.2) is 5.65 Å². The van der Waals surface area contributed by atoms with Gasteiger partial charge >= 0.3 is 6.03 Å². The summed E-state index contributed by atoms with van der Waals surface area (Å²) in [5.74, 6) is 0. The van der Waals surface area contributed by atoms with Crippen molar-refractivity contribution in [2.24, 2.45) is 0 Å². The number of carbonyl (C=O) groups excluding carboxylic acids is 1. The fraction of sp³-hybridized carbons (Fsp3) is 0.385. The number of amides is 2. The molecule has 0 aliphatic carbocycles. The zero-order chi connectivity index (χ0) is 13.3. The van der Waals surface area contributed by atoms with Gasteiger partial charge in [0.05, 0.1) is 11.4 Å². The predicted molar refractivity (Wildman–Crippen MR) is 71.8 cm³/mol. The number of fused-ring (bicyclic) bond motifs is 1. The SMILES string of the molecule is Cc1cn2cccc(NC(=O)NC(C)(C)C)c2n1. The monoisotopic (exact) mass is 246 g/mol. The van der Waals surface area contributed by atoms with Crippen LogP contribution in [0.15, 0.2) is 24.5 Å². The molecule has 0 fully saturated rings. The lowest BCUT2D eigenvalue weighted by Gasteiger charge is -2.20. The van der Waals surface area contributed by atoms with Gasteiger partial charge in [0.2, 0.25) is 0 Å². The van der Waals surface area contributed by atoms with Crippen molar-refractivity contribution in [3.8, 4) is 0 Å². The Morgan fingerprint density at radius 1 is 1.39 bits per heavy atom. The van der Waals surface area contributed by atoms with Crippen LogP contribution in [0.3, 0.4) is 0 Å². The number of nitrogens with one attached hydrogen (secondary N) is 2. The summed E-state index contributed by atoms with van der Waals surface area (Å²) in [6.45, 7) is 7.73. The molecule has 2 rings (SSSR count). The van der Waals surface area contributed by atoms with Crippen LogP contribution in [-0.2, 0) is 0 Å². The van der Waals surface area contributed by atoms with Gasteiger partial charge in [-0.15, -0.1) is 0 Å². The highest BCUT2D eigenvalue weighted by Crippen LogP contribution is 2.16. The number of pyridine rings is 1. The number of carbonyl (C=O) groups is 1. The quantitative estimate of drug-likeness (QED) is 0.812. The van der Waals surface area contributed by atoms with Crippen molar-refractivity contribution in [2.45, 2.75) is 33.2 Å². The second-order valence-electron chi connectivity index (χ2n) is 5.36. The van der Waals surface area contributed by atoms with E-state index in [4.69, 9.17) is 0 Å². The molecule has 2 aromatic heterocycles. The number of aryl methyl sites for hydroxylation is 1. The molecule has 96 valence electrons. The highest BCUT2D eigenvalue weighted by atomic mass is 16.2. The Labute approximate surface area is 106 Å². The van der Waals surface area contributed by atoms with E-state index in [1.807, 2.05) is 56.6 Å².